The Balaban J connectivity index is 1.46. The van der Waals surface area contributed by atoms with Crippen LogP contribution >= 0.6 is 11.8 Å². The van der Waals surface area contributed by atoms with Crippen molar-refractivity contribution in [3.05, 3.63) is 0 Å². The van der Waals surface area contributed by atoms with E-state index in [1.54, 1.807) is 0 Å². The van der Waals surface area contributed by atoms with Gasteiger partial charge in [0.2, 0.25) is 0 Å². The van der Waals surface area contributed by atoms with E-state index >= 15 is 0 Å². The highest BCUT2D eigenvalue weighted by molar-refractivity contribution is 8.00. The van der Waals surface area contributed by atoms with E-state index in [2.05, 4.69) is 17.6 Å². The van der Waals surface area contributed by atoms with Gasteiger partial charge in [-0.05, 0) is 51.2 Å². The molecule has 2 saturated heterocycles. The predicted molar refractivity (Wildman–Crippen MR) is 82.1 cm³/mol. The van der Waals surface area contributed by atoms with Gasteiger partial charge in [-0.25, -0.2) is 4.79 Å². The first kappa shape index (κ1) is 14.5. The van der Waals surface area contributed by atoms with Crippen LogP contribution in [-0.2, 0) is 4.74 Å². The fourth-order valence-electron chi connectivity index (χ4n) is 3.82. The van der Waals surface area contributed by atoms with Gasteiger partial charge in [0.25, 0.3) is 0 Å². The Kier molecular flexibility index (Phi) is 4.46. The molecule has 3 fully saturated rings. The molecule has 0 aromatic rings. The molecule has 5 heteroatoms. The molecule has 0 aromatic carbocycles. The summed E-state index contributed by atoms with van der Waals surface area (Å²) in [6.45, 7) is 3.90. The van der Waals surface area contributed by atoms with E-state index in [0.717, 1.165) is 26.0 Å². The van der Waals surface area contributed by atoms with E-state index in [9.17, 15) is 4.79 Å². The van der Waals surface area contributed by atoms with Crippen molar-refractivity contribution in [2.75, 3.05) is 18.9 Å². The van der Waals surface area contributed by atoms with Crippen molar-refractivity contribution in [2.24, 2.45) is 5.92 Å². The third-order valence-electron chi connectivity index (χ3n) is 5.02. The summed E-state index contributed by atoms with van der Waals surface area (Å²) in [5.41, 5.74) is 0. The zero-order valence-electron chi connectivity index (χ0n) is 12.3. The van der Waals surface area contributed by atoms with Gasteiger partial charge in [-0.3, -0.25) is 0 Å². The lowest BCUT2D eigenvalue weighted by atomic mass is 9.82. The summed E-state index contributed by atoms with van der Waals surface area (Å²) in [5.74, 6) is 1.76. The van der Waals surface area contributed by atoms with Crippen molar-refractivity contribution >= 4 is 17.8 Å². The number of ether oxygens (including phenoxy) is 1. The minimum atomic E-state index is 0.0104. The van der Waals surface area contributed by atoms with Gasteiger partial charge in [0.05, 0.1) is 6.10 Å². The summed E-state index contributed by atoms with van der Waals surface area (Å²) in [6.07, 6.45) is 7.40. The second-order valence-electron chi connectivity index (χ2n) is 6.63. The normalized spacial score (nSPS) is 40.4. The summed E-state index contributed by atoms with van der Waals surface area (Å²) in [7, 11) is 0. The van der Waals surface area contributed by atoms with Crippen LogP contribution in [0.2, 0.25) is 0 Å². The first-order chi connectivity index (χ1) is 9.66. The van der Waals surface area contributed by atoms with Crippen LogP contribution in [-0.4, -0.2) is 41.8 Å². The fourth-order valence-corrected chi connectivity index (χ4v) is 5.06. The van der Waals surface area contributed by atoms with Crippen LogP contribution in [0.15, 0.2) is 0 Å². The Labute approximate surface area is 125 Å². The number of nitrogens with one attached hydrogen (secondary N) is 2. The molecule has 114 valence electrons. The highest BCUT2D eigenvalue weighted by Crippen LogP contribution is 2.37. The Morgan fingerprint density at radius 1 is 1.35 bits per heavy atom. The van der Waals surface area contributed by atoms with Crippen molar-refractivity contribution in [3.63, 3.8) is 0 Å². The van der Waals surface area contributed by atoms with E-state index in [4.69, 9.17) is 4.74 Å². The molecule has 2 N–H and O–H groups in total. The molecule has 0 bridgehead atoms. The zero-order chi connectivity index (χ0) is 14.0. The molecule has 3 aliphatic rings. The van der Waals surface area contributed by atoms with Crippen molar-refractivity contribution in [3.8, 4) is 0 Å². The van der Waals surface area contributed by atoms with E-state index in [0.29, 0.717) is 18.1 Å². The van der Waals surface area contributed by atoms with Gasteiger partial charge in [-0.15, -0.1) is 0 Å². The fraction of sp³-hybridized carbons (Fsp3) is 0.933. The summed E-state index contributed by atoms with van der Waals surface area (Å²) in [4.78, 5) is 12.1. The molecule has 0 aromatic heterocycles. The van der Waals surface area contributed by atoms with Gasteiger partial charge in [0.15, 0.2) is 0 Å². The third kappa shape index (κ3) is 3.25. The van der Waals surface area contributed by atoms with Gasteiger partial charge in [-0.1, -0.05) is 0 Å². The number of carbonyl (C=O) groups excluding carboxylic acids is 1. The van der Waals surface area contributed by atoms with Crippen LogP contribution in [0.1, 0.15) is 45.4 Å². The predicted octanol–water partition coefficient (Wildman–Crippen LogP) is 2.53. The number of carbonyl (C=O) groups is 1. The lowest BCUT2D eigenvalue weighted by molar-refractivity contribution is 0.0549. The molecule has 0 spiro atoms. The molecular weight excluding hydrogens is 272 g/mol. The molecule has 2 aliphatic heterocycles. The largest absolute Gasteiger partial charge is 0.378 e. The van der Waals surface area contributed by atoms with Gasteiger partial charge in [0.1, 0.15) is 0 Å². The monoisotopic (exact) mass is 298 g/mol. The molecule has 1 saturated carbocycles. The van der Waals surface area contributed by atoms with E-state index in [1.165, 1.54) is 31.4 Å². The number of amides is 2. The maximum atomic E-state index is 12.1. The van der Waals surface area contributed by atoms with Gasteiger partial charge >= 0.3 is 6.03 Å². The molecule has 3 rings (SSSR count). The second-order valence-corrected chi connectivity index (χ2v) is 8.31. The van der Waals surface area contributed by atoms with E-state index in [1.807, 2.05) is 11.8 Å². The average molecular weight is 298 g/mol. The summed E-state index contributed by atoms with van der Waals surface area (Å²) in [5, 5.41) is 6.27. The van der Waals surface area contributed by atoms with Crippen LogP contribution in [0.25, 0.3) is 0 Å². The molecule has 2 amide bonds. The van der Waals surface area contributed by atoms with Crippen LogP contribution in [0, 0.1) is 5.92 Å². The molecule has 4 atom stereocenters. The maximum Gasteiger partial charge on any atom is 0.315 e. The average Bonchev–Trinajstić information content (AvgIpc) is 3.06. The minimum absolute atomic E-state index is 0.0104. The number of hydrogen-bond donors (Lipinski definition) is 2. The maximum absolute atomic E-state index is 12.1. The summed E-state index contributed by atoms with van der Waals surface area (Å²) >= 11 is 1.99. The van der Waals surface area contributed by atoms with Crippen LogP contribution in [0.5, 0.6) is 0 Å². The Bertz CT molecular complexity index is 358. The van der Waals surface area contributed by atoms with Gasteiger partial charge in [0, 0.05) is 29.9 Å². The van der Waals surface area contributed by atoms with Crippen LogP contribution in [0.4, 0.5) is 4.79 Å². The van der Waals surface area contributed by atoms with Gasteiger partial charge < -0.3 is 15.4 Å². The zero-order valence-corrected chi connectivity index (χ0v) is 13.1. The van der Waals surface area contributed by atoms with Crippen molar-refractivity contribution < 1.29 is 9.53 Å². The standard InChI is InChI=1S/C15H26N2O2S/c1-15(7-3-9-20-15)10-16-14(18)17-12-4-2-5-13-11(12)6-8-19-13/h11-13H,2-10H2,1H3,(H2,16,17,18)/t11-,12-,13+,15-/m1/s1. The third-order valence-corrected chi connectivity index (χ3v) is 6.56. The first-order valence-corrected chi connectivity index (χ1v) is 8.95. The lowest BCUT2D eigenvalue weighted by Crippen LogP contribution is -2.51. The molecule has 1 aliphatic carbocycles. The first-order valence-electron chi connectivity index (χ1n) is 7.96. The number of rotatable bonds is 3. The highest BCUT2D eigenvalue weighted by atomic mass is 32.2. The highest BCUT2D eigenvalue weighted by Gasteiger charge is 2.38. The van der Waals surface area contributed by atoms with E-state index in [-0.39, 0.29) is 10.8 Å². The molecule has 20 heavy (non-hydrogen) atoms. The lowest BCUT2D eigenvalue weighted by Gasteiger charge is -2.33. The Morgan fingerprint density at radius 2 is 2.25 bits per heavy atom. The summed E-state index contributed by atoms with van der Waals surface area (Å²) in [6, 6.07) is 0.316. The molecular formula is C15H26N2O2S. The smallest absolute Gasteiger partial charge is 0.315 e. The van der Waals surface area contributed by atoms with Crippen molar-refractivity contribution in [2.45, 2.75) is 62.3 Å². The molecule has 0 radical (unpaired) electrons. The van der Waals surface area contributed by atoms with Gasteiger partial charge in [-0.2, -0.15) is 11.8 Å². The topological polar surface area (TPSA) is 50.4 Å². The van der Waals surface area contributed by atoms with Crippen molar-refractivity contribution in [1.82, 2.24) is 10.6 Å². The number of hydrogen-bond acceptors (Lipinski definition) is 3. The second kappa shape index (κ2) is 6.14. The Hall–Kier alpha value is -0.420. The SMILES string of the molecule is C[C@]1(CNC(=O)N[C@@H]2CCC[C@@H]3OCC[C@@H]32)CCCS1. The molecule has 2 heterocycles. The van der Waals surface area contributed by atoms with E-state index < -0.39 is 0 Å². The van der Waals surface area contributed by atoms with Crippen LogP contribution < -0.4 is 10.6 Å². The van der Waals surface area contributed by atoms with Crippen molar-refractivity contribution in [1.29, 1.82) is 0 Å². The van der Waals surface area contributed by atoms with Crippen LogP contribution in [0.3, 0.4) is 0 Å². The Morgan fingerprint density at radius 3 is 3.05 bits per heavy atom. The summed E-state index contributed by atoms with van der Waals surface area (Å²) < 4.78 is 5.99. The minimum Gasteiger partial charge on any atom is -0.378 e. The number of thioether (sulfide) groups is 1. The molecule has 0 unspecified atom stereocenters. The number of fused-ring (bicyclic) bond motifs is 1. The quantitative estimate of drug-likeness (QED) is 0.842. The number of urea groups is 1. The molecule has 4 nitrogen and oxygen atoms in total.